The Morgan fingerprint density at radius 2 is 1.83 bits per heavy atom. The fourth-order valence-corrected chi connectivity index (χ4v) is 4.43. The molecule has 2 aromatic carbocycles. The third-order valence-electron chi connectivity index (χ3n) is 5.88. The number of nitrogens with zero attached hydrogens (tertiary/aromatic N) is 2. The van der Waals surface area contributed by atoms with Crippen LogP contribution in [0.2, 0.25) is 0 Å². The second-order valence-electron chi connectivity index (χ2n) is 7.70. The molecule has 1 unspecified atom stereocenters. The van der Waals surface area contributed by atoms with Crippen LogP contribution in [0.5, 0.6) is 17.2 Å². The Kier molecular flexibility index (Phi) is 4.94. The normalized spacial score (nSPS) is 20.0. The van der Waals surface area contributed by atoms with E-state index in [1.54, 1.807) is 4.90 Å². The molecule has 7 nitrogen and oxygen atoms in total. The highest BCUT2D eigenvalue weighted by molar-refractivity contribution is 5.98. The third-order valence-corrected chi connectivity index (χ3v) is 5.88. The van der Waals surface area contributed by atoms with Crippen molar-refractivity contribution in [3.05, 3.63) is 48.0 Å². The van der Waals surface area contributed by atoms with Crippen LogP contribution in [-0.2, 0) is 9.59 Å². The first-order valence-electron chi connectivity index (χ1n) is 10.4. The monoisotopic (exact) mass is 408 g/mol. The molecule has 3 aliphatic rings. The number of benzene rings is 2. The van der Waals surface area contributed by atoms with Crippen molar-refractivity contribution in [2.75, 3.05) is 37.8 Å². The summed E-state index contributed by atoms with van der Waals surface area (Å²) in [5.74, 6) is 2.12. The Labute approximate surface area is 175 Å². The number of hydrogen-bond donors (Lipinski definition) is 0. The molecule has 1 atom stereocenters. The van der Waals surface area contributed by atoms with E-state index >= 15 is 0 Å². The Hall–Kier alpha value is -3.22. The van der Waals surface area contributed by atoms with Gasteiger partial charge in [-0.25, -0.2) is 0 Å². The molecule has 5 rings (SSSR count). The molecule has 3 heterocycles. The summed E-state index contributed by atoms with van der Waals surface area (Å²) in [6.45, 7) is 2.19. The standard InChI is InChI=1S/C23H24N2O5/c26-22(9-11-25-18-4-1-2-6-19(18)30-15-23(25)27)24-10-3-5-17(24)16-7-8-20-21(14-16)29-13-12-28-20/h1-2,4,6-8,14,17H,3,5,9-13,15H2. The van der Waals surface area contributed by atoms with Crippen LogP contribution >= 0.6 is 0 Å². The van der Waals surface area contributed by atoms with Crippen LogP contribution in [0.4, 0.5) is 5.69 Å². The quantitative estimate of drug-likeness (QED) is 0.778. The number of amides is 2. The summed E-state index contributed by atoms with van der Waals surface area (Å²) in [7, 11) is 0. The Bertz CT molecular complexity index is 976. The van der Waals surface area contributed by atoms with Crippen LogP contribution in [0.3, 0.4) is 0 Å². The molecule has 0 N–H and O–H groups in total. The zero-order valence-electron chi connectivity index (χ0n) is 16.7. The van der Waals surface area contributed by atoms with Gasteiger partial charge in [0.1, 0.15) is 19.0 Å². The van der Waals surface area contributed by atoms with E-state index in [1.165, 1.54) is 0 Å². The van der Waals surface area contributed by atoms with Gasteiger partial charge in [0.2, 0.25) is 5.91 Å². The molecule has 2 aromatic rings. The van der Waals surface area contributed by atoms with Gasteiger partial charge in [-0.15, -0.1) is 0 Å². The molecule has 1 saturated heterocycles. The van der Waals surface area contributed by atoms with Gasteiger partial charge in [-0.05, 0) is 42.7 Å². The predicted octanol–water partition coefficient (Wildman–Crippen LogP) is 2.94. The summed E-state index contributed by atoms with van der Waals surface area (Å²) in [4.78, 5) is 29.0. The number of anilines is 1. The summed E-state index contributed by atoms with van der Waals surface area (Å²) in [6, 6.07) is 13.4. The summed E-state index contributed by atoms with van der Waals surface area (Å²) in [5.41, 5.74) is 1.80. The molecule has 30 heavy (non-hydrogen) atoms. The van der Waals surface area contributed by atoms with Crippen molar-refractivity contribution in [1.82, 2.24) is 4.90 Å². The highest BCUT2D eigenvalue weighted by Gasteiger charge is 2.32. The van der Waals surface area contributed by atoms with E-state index in [2.05, 4.69) is 0 Å². The smallest absolute Gasteiger partial charge is 0.265 e. The topological polar surface area (TPSA) is 68.3 Å². The van der Waals surface area contributed by atoms with Crippen LogP contribution in [0.1, 0.15) is 30.9 Å². The molecule has 0 spiro atoms. The van der Waals surface area contributed by atoms with E-state index in [9.17, 15) is 9.59 Å². The van der Waals surface area contributed by atoms with Crippen molar-refractivity contribution in [3.63, 3.8) is 0 Å². The molecule has 3 aliphatic heterocycles. The van der Waals surface area contributed by atoms with E-state index in [0.717, 1.165) is 42.1 Å². The van der Waals surface area contributed by atoms with Gasteiger partial charge < -0.3 is 24.0 Å². The van der Waals surface area contributed by atoms with Gasteiger partial charge in [-0.2, -0.15) is 0 Å². The van der Waals surface area contributed by atoms with Gasteiger partial charge in [0.15, 0.2) is 18.1 Å². The lowest BCUT2D eigenvalue weighted by Gasteiger charge is -2.31. The van der Waals surface area contributed by atoms with Crippen molar-refractivity contribution >= 4 is 17.5 Å². The van der Waals surface area contributed by atoms with Crippen molar-refractivity contribution in [2.45, 2.75) is 25.3 Å². The van der Waals surface area contributed by atoms with E-state index in [-0.39, 0.29) is 30.9 Å². The molecule has 0 aromatic heterocycles. The maximum atomic E-state index is 13.1. The minimum Gasteiger partial charge on any atom is -0.486 e. The third kappa shape index (κ3) is 3.44. The summed E-state index contributed by atoms with van der Waals surface area (Å²) in [6.07, 6.45) is 2.16. The lowest BCUT2D eigenvalue weighted by Crippen LogP contribution is -2.41. The second kappa shape index (κ2) is 7.89. The molecule has 0 saturated carbocycles. The second-order valence-corrected chi connectivity index (χ2v) is 7.70. The lowest BCUT2D eigenvalue weighted by atomic mass is 10.0. The first-order chi connectivity index (χ1) is 14.7. The van der Waals surface area contributed by atoms with Gasteiger partial charge in [0.05, 0.1) is 11.7 Å². The molecule has 0 radical (unpaired) electrons. The summed E-state index contributed by atoms with van der Waals surface area (Å²) < 4.78 is 16.8. The summed E-state index contributed by atoms with van der Waals surface area (Å²) in [5, 5.41) is 0. The number of carbonyl (C=O) groups excluding carboxylic acids is 2. The van der Waals surface area contributed by atoms with Gasteiger partial charge in [0, 0.05) is 19.5 Å². The van der Waals surface area contributed by atoms with Crippen LogP contribution in [0, 0.1) is 0 Å². The van der Waals surface area contributed by atoms with E-state index in [4.69, 9.17) is 14.2 Å². The first-order valence-corrected chi connectivity index (χ1v) is 10.4. The van der Waals surface area contributed by atoms with Gasteiger partial charge in [0.25, 0.3) is 5.91 Å². The van der Waals surface area contributed by atoms with Crippen molar-refractivity contribution in [3.8, 4) is 17.2 Å². The van der Waals surface area contributed by atoms with Gasteiger partial charge in [-0.1, -0.05) is 18.2 Å². The number of para-hydroxylation sites is 2. The van der Waals surface area contributed by atoms with E-state index < -0.39 is 0 Å². The fraction of sp³-hybridized carbons (Fsp3) is 0.391. The largest absolute Gasteiger partial charge is 0.486 e. The maximum Gasteiger partial charge on any atom is 0.265 e. The number of ether oxygens (including phenoxy) is 3. The molecular formula is C23H24N2O5. The zero-order valence-corrected chi connectivity index (χ0v) is 16.7. The maximum absolute atomic E-state index is 13.1. The number of carbonyl (C=O) groups is 2. The first kappa shape index (κ1) is 18.8. The van der Waals surface area contributed by atoms with Crippen LogP contribution in [-0.4, -0.2) is 49.6 Å². The Morgan fingerprint density at radius 1 is 1.00 bits per heavy atom. The van der Waals surface area contributed by atoms with E-state index in [1.807, 2.05) is 47.4 Å². The number of fused-ring (bicyclic) bond motifs is 2. The predicted molar refractivity (Wildman–Crippen MR) is 110 cm³/mol. The average molecular weight is 408 g/mol. The SMILES string of the molecule is O=C1COc2ccccc2N1CCC(=O)N1CCCC1c1ccc2c(c1)OCCO2. The van der Waals surface area contributed by atoms with Crippen molar-refractivity contribution < 1.29 is 23.8 Å². The minimum absolute atomic E-state index is 0.00867. The molecule has 2 amide bonds. The van der Waals surface area contributed by atoms with E-state index in [0.29, 0.717) is 25.5 Å². The highest BCUT2D eigenvalue weighted by atomic mass is 16.6. The van der Waals surface area contributed by atoms with Crippen molar-refractivity contribution in [1.29, 1.82) is 0 Å². The highest BCUT2D eigenvalue weighted by Crippen LogP contribution is 2.38. The fourth-order valence-electron chi connectivity index (χ4n) is 4.43. The molecule has 156 valence electrons. The zero-order chi connectivity index (χ0) is 20.5. The lowest BCUT2D eigenvalue weighted by molar-refractivity contribution is -0.132. The molecular weight excluding hydrogens is 384 g/mol. The summed E-state index contributed by atoms with van der Waals surface area (Å²) >= 11 is 0. The van der Waals surface area contributed by atoms with Crippen LogP contribution in [0.15, 0.2) is 42.5 Å². The molecule has 7 heteroatoms. The molecule has 1 fully saturated rings. The van der Waals surface area contributed by atoms with Crippen LogP contribution in [0.25, 0.3) is 0 Å². The van der Waals surface area contributed by atoms with Crippen molar-refractivity contribution in [2.24, 2.45) is 0 Å². The number of hydrogen-bond acceptors (Lipinski definition) is 5. The Balaban J connectivity index is 1.29. The average Bonchev–Trinajstić information content (AvgIpc) is 3.28. The van der Waals surface area contributed by atoms with Gasteiger partial charge in [-0.3, -0.25) is 9.59 Å². The number of likely N-dealkylation sites (tertiary alicyclic amines) is 1. The number of rotatable bonds is 4. The Morgan fingerprint density at radius 3 is 2.73 bits per heavy atom. The van der Waals surface area contributed by atoms with Crippen LogP contribution < -0.4 is 19.1 Å². The van der Waals surface area contributed by atoms with Gasteiger partial charge >= 0.3 is 0 Å². The molecule has 0 bridgehead atoms. The molecule has 0 aliphatic carbocycles. The minimum atomic E-state index is -0.119.